The molecule has 118 valence electrons. The standard InChI is InChI=1S/C18H17FN2OS/c19-16-4-2-1-3-13(16)9-14-10-20-18(23-14)21-17(22)15-8-11-5-6-12(15)7-11/h1-6,10-12,15H,7-9H2,(H,20,21,22)/t11-,12+,15-/m1/s1. The Morgan fingerprint density at radius 2 is 2.17 bits per heavy atom. The van der Waals surface area contributed by atoms with Gasteiger partial charge in [0.05, 0.1) is 0 Å². The molecule has 0 aliphatic heterocycles. The molecule has 4 rings (SSSR count). The number of benzene rings is 1. The number of fused-ring (bicyclic) bond motifs is 2. The smallest absolute Gasteiger partial charge is 0.229 e. The van der Waals surface area contributed by atoms with Gasteiger partial charge in [0, 0.05) is 23.4 Å². The van der Waals surface area contributed by atoms with Crippen LogP contribution in [-0.2, 0) is 11.2 Å². The van der Waals surface area contributed by atoms with Crippen LogP contribution in [0, 0.1) is 23.6 Å². The van der Waals surface area contributed by atoms with Crippen molar-refractivity contribution in [2.24, 2.45) is 17.8 Å². The maximum absolute atomic E-state index is 13.7. The monoisotopic (exact) mass is 328 g/mol. The number of aromatic nitrogens is 1. The Labute approximate surface area is 138 Å². The van der Waals surface area contributed by atoms with Crippen LogP contribution in [0.15, 0.2) is 42.6 Å². The number of nitrogens with one attached hydrogen (secondary N) is 1. The number of thiazole rings is 1. The van der Waals surface area contributed by atoms with Crippen molar-refractivity contribution >= 4 is 22.4 Å². The molecule has 2 aromatic rings. The highest BCUT2D eigenvalue weighted by Crippen LogP contribution is 2.43. The molecule has 2 bridgehead atoms. The SMILES string of the molecule is O=C(Nc1ncc(Cc2ccccc2F)s1)[C@@H]1C[C@@H]2C=C[C@H]1C2. The lowest BCUT2D eigenvalue weighted by molar-refractivity contribution is -0.120. The first-order chi connectivity index (χ1) is 11.2. The number of hydrogen-bond donors (Lipinski definition) is 1. The van der Waals surface area contributed by atoms with Gasteiger partial charge in [0.25, 0.3) is 0 Å². The van der Waals surface area contributed by atoms with Gasteiger partial charge in [-0.2, -0.15) is 0 Å². The van der Waals surface area contributed by atoms with E-state index in [0.29, 0.717) is 29.0 Å². The maximum Gasteiger partial charge on any atom is 0.229 e. The molecule has 1 heterocycles. The van der Waals surface area contributed by atoms with E-state index in [2.05, 4.69) is 22.5 Å². The van der Waals surface area contributed by atoms with Crippen molar-refractivity contribution in [3.63, 3.8) is 0 Å². The predicted octanol–water partition coefficient (Wildman–Crippen LogP) is 4.02. The van der Waals surface area contributed by atoms with E-state index < -0.39 is 0 Å². The summed E-state index contributed by atoms with van der Waals surface area (Å²) < 4.78 is 13.7. The number of rotatable bonds is 4. The van der Waals surface area contributed by atoms with Gasteiger partial charge in [0.1, 0.15) is 5.82 Å². The quantitative estimate of drug-likeness (QED) is 0.861. The summed E-state index contributed by atoms with van der Waals surface area (Å²) >= 11 is 1.42. The number of allylic oxidation sites excluding steroid dienone is 2. The Hall–Kier alpha value is -2.01. The third-order valence-electron chi connectivity index (χ3n) is 4.72. The van der Waals surface area contributed by atoms with E-state index in [9.17, 15) is 9.18 Å². The first-order valence-electron chi connectivity index (χ1n) is 7.86. The van der Waals surface area contributed by atoms with Crippen LogP contribution < -0.4 is 5.32 Å². The van der Waals surface area contributed by atoms with E-state index >= 15 is 0 Å². The van der Waals surface area contributed by atoms with Crippen molar-refractivity contribution in [2.45, 2.75) is 19.3 Å². The fourth-order valence-electron chi connectivity index (χ4n) is 3.56. The first-order valence-corrected chi connectivity index (χ1v) is 8.68. The summed E-state index contributed by atoms with van der Waals surface area (Å²) in [4.78, 5) is 17.6. The van der Waals surface area contributed by atoms with Gasteiger partial charge < -0.3 is 5.32 Å². The Morgan fingerprint density at radius 1 is 1.30 bits per heavy atom. The van der Waals surface area contributed by atoms with E-state index in [1.807, 2.05) is 6.07 Å². The summed E-state index contributed by atoms with van der Waals surface area (Å²) in [6.45, 7) is 0. The summed E-state index contributed by atoms with van der Waals surface area (Å²) in [7, 11) is 0. The Balaban J connectivity index is 1.41. The summed E-state index contributed by atoms with van der Waals surface area (Å²) in [6, 6.07) is 6.74. The van der Waals surface area contributed by atoms with Gasteiger partial charge in [-0.3, -0.25) is 4.79 Å². The van der Waals surface area contributed by atoms with E-state index in [1.165, 1.54) is 17.4 Å². The van der Waals surface area contributed by atoms with E-state index in [0.717, 1.165) is 17.7 Å². The van der Waals surface area contributed by atoms with Crippen LogP contribution in [0.4, 0.5) is 9.52 Å². The number of carbonyl (C=O) groups is 1. The van der Waals surface area contributed by atoms with Gasteiger partial charge in [-0.05, 0) is 36.3 Å². The molecule has 3 nitrogen and oxygen atoms in total. The Morgan fingerprint density at radius 3 is 2.91 bits per heavy atom. The molecule has 0 saturated heterocycles. The highest BCUT2D eigenvalue weighted by molar-refractivity contribution is 7.15. The average molecular weight is 328 g/mol. The number of halogens is 1. The number of anilines is 1. The molecule has 0 radical (unpaired) electrons. The second kappa shape index (κ2) is 5.89. The Bertz CT molecular complexity index is 770. The van der Waals surface area contributed by atoms with Gasteiger partial charge >= 0.3 is 0 Å². The number of carbonyl (C=O) groups excluding carboxylic acids is 1. The van der Waals surface area contributed by atoms with E-state index in [-0.39, 0.29) is 17.6 Å². The minimum atomic E-state index is -0.208. The molecule has 1 fully saturated rings. The van der Waals surface area contributed by atoms with Crippen molar-refractivity contribution < 1.29 is 9.18 Å². The lowest BCUT2D eigenvalue weighted by Gasteiger charge is -2.16. The van der Waals surface area contributed by atoms with Crippen molar-refractivity contribution in [1.29, 1.82) is 0 Å². The summed E-state index contributed by atoms with van der Waals surface area (Å²) in [5.74, 6) is 0.888. The lowest BCUT2D eigenvalue weighted by atomic mass is 9.93. The van der Waals surface area contributed by atoms with Crippen molar-refractivity contribution in [3.8, 4) is 0 Å². The molecule has 23 heavy (non-hydrogen) atoms. The van der Waals surface area contributed by atoms with E-state index in [1.54, 1.807) is 18.3 Å². The molecule has 0 spiro atoms. The molecule has 2 aliphatic rings. The number of hydrogen-bond acceptors (Lipinski definition) is 3. The van der Waals surface area contributed by atoms with Gasteiger partial charge in [0.2, 0.25) is 5.91 Å². The molecule has 1 aromatic heterocycles. The highest BCUT2D eigenvalue weighted by atomic mass is 32.1. The van der Waals surface area contributed by atoms with Crippen molar-refractivity contribution in [3.05, 3.63) is 58.9 Å². The molecule has 0 unspecified atom stereocenters. The summed E-state index contributed by atoms with van der Waals surface area (Å²) in [5.41, 5.74) is 0.646. The number of amides is 1. The zero-order chi connectivity index (χ0) is 15.8. The number of nitrogens with zero attached hydrogens (tertiary/aromatic N) is 1. The van der Waals surface area contributed by atoms with E-state index in [4.69, 9.17) is 0 Å². The zero-order valence-electron chi connectivity index (χ0n) is 12.5. The minimum Gasteiger partial charge on any atom is -0.302 e. The molecule has 1 amide bonds. The lowest BCUT2D eigenvalue weighted by Crippen LogP contribution is -2.25. The molecule has 1 N–H and O–H groups in total. The van der Waals surface area contributed by atoms with Crippen LogP contribution in [-0.4, -0.2) is 10.9 Å². The topological polar surface area (TPSA) is 42.0 Å². The molecular formula is C18H17FN2OS. The predicted molar refractivity (Wildman–Crippen MR) is 88.8 cm³/mol. The summed E-state index contributed by atoms with van der Waals surface area (Å²) in [6.07, 6.45) is 8.66. The second-order valence-corrected chi connectivity index (χ2v) is 7.39. The minimum absolute atomic E-state index is 0.0636. The van der Waals surface area contributed by atoms with Crippen LogP contribution in [0.2, 0.25) is 0 Å². The average Bonchev–Trinajstić information content (AvgIpc) is 3.26. The van der Waals surface area contributed by atoms with Crippen LogP contribution in [0.3, 0.4) is 0 Å². The third kappa shape index (κ3) is 2.93. The first kappa shape index (κ1) is 14.6. The Kier molecular flexibility index (Phi) is 3.73. The molecule has 2 aliphatic carbocycles. The van der Waals surface area contributed by atoms with Crippen molar-refractivity contribution in [1.82, 2.24) is 4.98 Å². The van der Waals surface area contributed by atoms with Crippen molar-refractivity contribution in [2.75, 3.05) is 5.32 Å². The third-order valence-corrected chi connectivity index (χ3v) is 5.63. The largest absolute Gasteiger partial charge is 0.302 e. The highest BCUT2D eigenvalue weighted by Gasteiger charge is 2.39. The molecule has 3 atom stereocenters. The molecule has 5 heteroatoms. The van der Waals surface area contributed by atoms with Crippen LogP contribution in [0.25, 0.3) is 0 Å². The molecule has 1 saturated carbocycles. The second-order valence-electron chi connectivity index (χ2n) is 6.28. The van der Waals surface area contributed by atoms with Crippen LogP contribution >= 0.6 is 11.3 Å². The zero-order valence-corrected chi connectivity index (χ0v) is 13.4. The fraction of sp³-hybridized carbons (Fsp3) is 0.333. The summed E-state index contributed by atoms with van der Waals surface area (Å²) in [5, 5.41) is 3.54. The molecule has 1 aromatic carbocycles. The van der Waals surface area contributed by atoms with Crippen LogP contribution in [0.1, 0.15) is 23.3 Å². The molecular weight excluding hydrogens is 311 g/mol. The van der Waals surface area contributed by atoms with Gasteiger partial charge in [-0.15, -0.1) is 11.3 Å². The maximum atomic E-state index is 13.7. The van der Waals surface area contributed by atoms with Crippen LogP contribution in [0.5, 0.6) is 0 Å². The normalized spacial score (nSPS) is 25.0. The fourth-order valence-corrected chi connectivity index (χ4v) is 4.40. The van der Waals surface area contributed by atoms with Gasteiger partial charge in [-0.1, -0.05) is 30.4 Å². The van der Waals surface area contributed by atoms with Gasteiger partial charge in [-0.25, -0.2) is 9.37 Å². The van der Waals surface area contributed by atoms with Gasteiger partial charge in [0.15, 0.2) is 5.13 Å².